The fraction of sp³-hybridized carbons (Fsp3) is 0.562. The number of aliphatic hydroxyl groups excluding tert-OH is 1. The average Bonchev–Trinajstić information content (AvgIpc) is 2.56. The number of nitrogens with one attached hydrogen (secondary N) is 2. The average molecular weight is 345 g/mol. The fourth-order valence-corrected chi connectivity index (χ4v) is 2.74. The molecule has 7 heteroatoms. The molecule has 128 valence electrons. The van der Waals surface area contributed by atoms with Crippen LogP contribution in [-0.2, 0) is 4.74 Å². The van der Waals surface area contributed by atoms with Crippen LogP contribution in [0, 0.1) is 11.7 Å². The van der Waals surface area contributed by atoms with Gasteiger partial charge in [0.25, 0.3) is 0 Å². The second-order valence-corrected chi connectivity index (χ2v) is 6.19. The zero-order chi connectivity index (χ0) is 16.8. The topological polar surface area (TPSA) is 70.6 Å². The zero-order valence-corrected chi connectivity index (χ0v) is 13.8. The molecule has 2 amide bonds. The summed E-state index contributed by atoms with van der Waals surface area (Å²) in [6.07, 6.45) is 0.855. The van der Waals surface area contributed by atoms with Gasteiger partial charge in [0.05, 0.1) is 11.1 Å². The van der Waals surface area contributed by atoms with E-state index in [-0.39, 0.29) is 23.6 Å². The second kappa shape index (κ2) is 8.47. The molecule has 1 heterocycles. The molecule has 1 aromatic carbocycles. The highest BCUT2D eigenvalue weighted by Crippen LogP contribution is 2.20. The molecule has 1 aliphatic heterocycles. The maximum Gasteiger partial charge on any atom is 0.315 e. The molecular formula is C16H22ClFN2O3. The van der Waals surface area contributed by atoms with E-state index in [9.17, 15) is 14.3 Å². The maximum absolute atomic E-state index is 13.4. The van der Waals surface area contributed by atoms with Gasteiger partial charge >= 0.3 is 6.03 Å². The van der Waals surface area contributed by atoms with Gasteiger partial charge in [-0.1, -0.05) is 17.7 Å². The van der Waals surface area contributed by atoms with E-state index in [2.05, 4.69) is 10.6 Å². The molecule has 3 N–H and O–H groups in total. The van der Waals surface area contributed by atoms with E-state index in [1.165, 1.54) is 12.1 Å². The van der Waals surface area contributed by atoms with E-state index in [0.29, 0.717) is 11.5 Å². The SMILES string of the molecule is C[C@H](NC(=O)NC[C@@H](O)c1ccc(Cl)c(F)c1)C1CCOCC1. The standard InChI is InChI=1S/C16H22ClFN2O3/c1-10(11-4-6-23-7-5-11)20-16(22)19-9-15(21)12-2-3-13(17)14(18)8-12/h2-3,8,10-11,15,21H,4-7,9H2,1H3,(H2,19,20,22)/t10-,15+/m0/s1. The molecule has 0 unspecified atom stereocenters. The number of carbonyl (C=O) groups is 1. The molecule has 23 heavy (non-hydrogen) atoms. The Kier molecular flexibility index (Phi) is 6.62. The highest BCUT2D eigenvalue weighted by molar-refractivity contribution is 6.30. The number of urea groups is 1. The predicted molar refractivity (Wildman–Crippen MR) is 85.9 cm³/mol. The third-order valence-electron chi connectivity index (χ3n) is 4.12. The summed E-state index contributed by atoms with van der Waals surface area (Å²) in [5.74, 6) is -0.203. The van der Waals surface area contributed by atoms with Gasteiger partial charge in [-0.3, -0.25) is 0 Å². The summed E-state index contributed by atoms with van der Waals surface area (Å²) in [6, 6.07) is 3.75. The number of carbonyl (C=O) groups excluding carboxylic acids is 1. The van der Waals surface area contributed by atoms with Crippen molar-refractivity contribution in [2.45, 2.75) is 31.9 Å². The summed E-state index contributed by atoms with van der Waals surface area (Å²) in [5, 5.41) is 15.5. The van der Waals surface area contributed by atoms with Crippen LogP contribution in [-0.4, -0.2) is 36.9 Å². The third kappa shape index (κ3) is 5.34. The van der Waals surface area contributed by atoms with Crippen molar-refractivity contribution in [2.24, 2.45) is 5.92 Å². The Morgan fingerprint density at radius 2 is 2.17 bits per heavy atom. The van der Waals surface area contributed by atoms with E-state index < -0.39 is 11.9 Å². The maximum atomic E-state index is 13.4. The Morgan fingerprint density at radius 3 is 2.83 bits per heavy atom. The molecule has 0 radical (unpaired) electrons. The van der Waals surface area contributed by atoms with Gasteiger partial charge in [-0.15, -0.1) is 0 Å². The van der Waals surface area contributed by atoms with Gasteiger partial charge in [0.2, 0.25) is 0 Å². The minimum atomic E-state index is -0.995. The Balaban J connectivity index is 1.77. The number of hydrogen-bond donors (Lipinski definition) is 3. The van der Waals surface area contributed by atoms with Crippen LogP contribution in [0.15, 0.2) is 18.2 Å². The van der Waals surface area contributed by atoms with Crippen molar-refractivity contribution in [3.8, 4) is 0 Å². The molecule has 2 atom stereocenters. The van der Waals surface area contributed by atoms with E-state index in [1.54, 1.807) is 0 Å². The summed E-state index contributed by atoms with van der Waals surface area (Å²) in [4.78, 5) is 11.9. The number of aliphatic hydroxyl groups is 1. The first kappa shape index (κ1) is 18.0. The molecule has 0 spiro atoms. The van der Waals surface area contributed by atoms with Gasteiger partial charge in [-0.25, -0.2) is 9.18 Å². The minimum absolute atomic E-state index is 0.00283. The minimum Gasteiger partial charge on any atom is -0.387 e. The van der Waals surface area contributed by atoms with Gasteiger partial charge in [0.1, 0.15) is 5.82 Å². The Bertz CT molecular complexity index is 538. The van der Waals surface area contributed by atoms with Crippen molar-refractivity contribution in [3.63, 3.8) is 0 Å². The lowest BCUT2D eigenvalue weighted by atomic mass is 9.93. The first-order chi connectivity index (χ1) is 11.0. The lowest BCUT2D eigenvalue weighted by molar-refractivity contribution is 0.0570. The normalized spacial score (nSPS) is 18.3. The molecule has 0 aliphatic carbocycles. The summed E-state index contributed by atoms with van der Waals surface area (Å²) in [7, 11) is 0. The van der Waals surface area contributed by atoms with Crippen molar-refractivity contribution >= 4 is 17.6 Å². The number of benzene rings is 1. The third-order valence-corrected chi connectivity index (χ3v) is 4.42. The first-order valence-electron chi connectivity index (χ1n) is 7.72. The van der Waals surface area contributed by atoms with Crippen molar-refractivity contribution < 1.29 is 19.0 Å². The van der Waals surface area contributed by atoms with Crippen LogP contribution >= 0.6 is 11.6 Å². The molecule has 5 nitrogen and oxygen atoms in total. The number of rotatable bonds is 5. The number of ether oxygens (including phenoxy) is 1. The van der Waals surface area contributed by atoms with Crippen molar-refractivity contribution in [1.29, 1.82) is 0 Å². The van der Waals surface area contributed by atoms with Crippen LogP contribution in [0.1, 0.15) is 31.4 Å². The van der Waals surface area contributed by atoms with Crippen molar-refractivity contribution in [2.75, 3.05) is 19.8 Å². The predicted octanol–water partition coefficient (Wildman–Crippen LogP) is 2.63. The van der Waals surface area contributed by atoms with Gasteiger partial charge in [0.15, 0.2) is 0 Å². The van der Waals surface area contributed by atoms with Crippen LogP contribution in [0.5, 0.6) is 0 Å². The van der Waals surface area contributed by atoms with Gasteiger partial charge in [0, 0.05) is 25.8 Å². The molecule has 0 aromatic heterocycles. The smallest absolute Gasteiger partial charge is 0.315 e. The summed E-state index contributed by atoms with van der Waals surface area (Å²) >= 11 is 5.60. The summed E-state index contributed by atoms with van der Waals surface area (Å²) < 4.78 is 18.7. The van der Waals surface area contributed by atoms with Crippen molar-refractivity contribution in [3.05, 3.63) is 34.6 Å². The molecule has 1 aromatic rings. The molecule has 1 fully saturated rings. The Hall–Kier alpha value is -1.37. The van der Waals surface area contributed by atoms with Crippen LogP contribution in [0.4, 0.5) is 9.18 Å². The largest absolute Gasteiger partial charge is 0.387 e. The fourth-order valence-electron chi connectivity index (χ4n) is 2.62. The van der Waals surface area contributed by atoms with E-state index in [1.807, 2.05) is 6.92 Å². The van der Waals surface area contributed by atoms with Crippen LogP contribution < -0.4 is 10.6 Å². The van der Waals surface area contributed by atoms with Gasteiger partial charge in [-0.2, -0.15) is 0 Å². The quantitative estimate of drug-likeness (QED) is 0.769. The Labute approximate surface area is 140 Å². The van der Waals surface area contributed by atoms with Crippen LogP contribution in [0.25, 0.3) is 0 Å². The monoisotopic (exact) mass is 344 g/mol. The summed E-state index contributed by atoms with van der Waals surface area (Å²) in [6.45, 7) is 3.40. The van der Waals surface area contributed by atoms with Gasteiger partial charge < -0.3 is 20.5 Å². The van der Waals surface area contributed by atoms with Crippen LogP contribution in [0.2, 0.25) is 5.02 Å². The number of amides is 2. The van der Waals surface area contributed by atoms with E-state index in [4.69, 9.17) is 16.3 Å². The molecule has 1 saturated heterocycles. The van der Waals surface area contributed by atoms with E-state index in [0.717, 1.165) is 32.1 Å². The lowest BCUT2D eigenvalue weighted by Gasteiger charge is -2.28. The number of hydrogen-bond acceptors (Lipinski definition) is 3. The highest BCUT2D eigenvalue weighted by atomic mass is 35.5. The summed E-state index contributed by atoms with van der Waals surface area (Å²) in [5.41, 5.74) is 0.365. The highest BCUT2D eigenvalue weighted by Gasteiger charge is 2.22. The second-order valence-electron chi connectivity index (χ2n) is 5.78. The Morgan fingerprint density at radius 1 is 1.48 bits per heavy atom. The van der Waals surface area contributed by atoms with E-state index >= 15 is 0 Å². The molecule has 1 aliphatic rings. The number of halogens is 2. The zero-order valence-electron chi connectivity index (χ0n) is 13.0. The van der Waals surface area contributed by atoms with Crippen LogP contribution in [0.3, 0.4) is 0 Å². The first-order valence-corrected chi connectivity index (χ1v) is 8.10. The van der Waals surface area contributed by atoms with Gasteiger partial charge in [-0.05, 0) is 43.4 Å². The van der Waals surface area contributed by atoms with Crippen molar-refractivity contribution in [1.82, 2.24) is 10.6 Å². The molecular weight excluding hydrogens is 323 g/mol. The molecule has 0 saturated carbocycles. The molecule has 2 rings (SSSR count). The lowest BCUT2D eigenvalue weighted by Crippen LogP contribution is -2.46. The molecule has 0 bridgehead atoms.